The van der Waals surface area contributed by atoms with Crippen LogP contribution in [0.2, 0.25) is 0 Å². The molecule has 94 valence electrons. The molecule has 1 rings (SSSR count). The van der Waals surface area contributed by atoms with Gasteiger partial charge in [0.05, 0.1) is 0 Å². The Labute approximate surface area is 97.9 Å². The summed E-state index contributed by atoms with van der Waals surface area (Å²) in [6.07, 6.45) is 4.90. The van der Waals surface area contributed by atoms with Crippen molar-refractivity contribution in [3.05, 3.63) is 0 Å². The van der Waals surface area contributed by atoms with Gasteiger partial charge in [0, 0.05) is 12.1 Å². The molecule has 0 aromatic carbocycles. The Bertz CT molecular complexity index is 236. The maximum absolute atomic E-state index is 11.6. The summed E-state index contributed by atoms with van der Waals surface area (Å²) in [6, 6.07) is 0.384. The molecule has 1 fully saturated rings. The summed E-state index contributed by atoms with van der Waals surface area (Å²) >= 11 is 0. The highest BCUT2D eigenvalue weighted by Gasteiger charge is 2.22. The molecule has 0 unspecified atom stereocenters. The number of hydrogen-bond donors (Lipinski definition) is 2. The zero-order valence-corrected chi connectivity index (χ0v) is 10.6. The van der Waals surface area contributed by atoms with Crippen LogP contribution in [0.15, 0.2) is 0 Å². The molecular formula is C12H24N2O2. The SMILES string of the molecule is CC(C)(C)OC(=O)N[C@H]1CCCC[C@@H](N)C1. The Morgan fingerprint density at radius 1 is 1.31 bits per heavy atom. The topological polar surface area (TPSA) is 64.3 Å². The van der Waals surface area contributed by atoms with Gasteiger partial charge in [-0.05, 0) is 40.0 Å². The van der Waals surface area contributed by atoms with E-state index in [9.17, 15) is 4.79 Å². The van der Waals surface area contributed by atoms with Crippen LogP contribution in [0, 0.1) is 0 Å². The first kappa shape index (κ1) is 13.3. The number of rotatable bonds is 1. The summed E-state index contributed by atoms with van der Waals surface area (Å²) in [4.78, 5) is 11.6. The van der Waals surface area contributed by atoms with Crippen LogP contribution in [0.25, 0.3) is 0 Å². The van der Waals surface area contributed by atoms with Crippen LogP contribution in [0.1, 0.15) is 52.9 Å². The number of carbonyl (C=O) groups excluding carboxylic acids is 1. The number of amides is 1. The highest BCUT2D eigenvalue weighted by atomic mass is 16.6. The molecule has 4 nitrogen and oxygen atoms in total. The van der Waals surface area contributed by atoms with Gasteiger partial charge in [0.25, 0.3) is 0 Å². The maximum Gasteiger partial charge on any atom is 0.407 e. The molecule has 4 heteroatoms. The molecule has 0 heterocycles. The van der Waals surface area contributed by atoms with Crippen molar-refractivity contribution in [1.29, 1.82) is 0 Å². The van der Waals surface area contributed by atoms with E-state index in [0.29, 0.717) is 0 Å². The van der Waals surface area contributed by atoms with E-state index < -0.39 is 5.60 Å². The van der Waals surface area contributed by atoms with Crippen molar-refractivity contribution in [2.24, 2.45) is 5.73 Å². The van der Waals surface area contributed by atoms with Gasteiger partial charge in [-0.2, -0.15) is 0 Å². The van der Waals surface area contributed by atoms with Crippen molar-refractivity contribution in [3.8, 4) is 0 Å². The molecule has 1 aliphatic carbocycles. The van der Waals surface area contributed by atoms with Gasteiger partial charge in [-0.3, -0.25) is 0 Å². The van der Waals surface area contributed by atoms with E-state index in [1.54, 1.807) is 0 Å². The second kappa shape index (κ2) is 5.53. The van der Waals surface area contributed by atoms with Gasteiger partial charge in [-0.15, -0.1) is 0 Å². The average Bonchev–Trinajstić information content (AvgIpc) is 2.26. The molecule has 0 aliphatic heterocycles. The van der Waals surface area contributed by atoms with Crippen LogP contribution in [0.4, 0.5) is 4.79 Å². The normalized spacial score (nSPS) is 27.0. The smallest absolute Gasteiger partial charge is 0.407 e. The average molecular weight is 228 g/mol. The fourth-order valence-corrected chi connectivity index (χ4v) is 2.00. The molecule has 0 aromatic rings. The molecule has 1 amide bonds. The Kier molecular flexibility index (Phi) is 4.59. The number of nitrogens with two attached hydrogens (primary N) is 1. The summed E-state index contributed by atoms with van der Waals surface area (Å²) in [6.45, 7) is 5.60. The zero-order chi connectivity index (χ0) is 12.2. The van der Waals surface area contributed by atoms with Crippen molar-refractivity contribution in [2.45, 2.75) is 70.6 Å². The Morgan fingerprint density at radius 2 is 1.94 bits per heavy atom. The molecule has 0 saturated heterocycles. The molecule has 1 aliphatic rings. The largest absolute Gasteiger partial charge is 0.444 e. The lowest BCUT2D eigenvalue weighted by atomic mass is 10.1. The monoisotopic (exact) mass is 228 g/mol. The van der Waals surface area contributed by atoms with Crippen LogP contribution in [-0.2, 0) is 4.74 Å². The molecule has 2 atom stereocenters. The lowest BCUT2D eigenvalue weighted by molar-refractivity contribution is 0.0499. The van der Waals surface area contributed by atoms with Crippen molar-refractivity contribution in [3.63, 3.8) is 0 Å². The van der Waals surface area contributed by atoms with Crippen LogP contribution in [0.5, 0.6) is 0 Å². The molecule has 1 saturated carbocycles. The molecule has 0 radical (unpaired) electrons. The number of hydrogen-bond acceptors (Lipinski definition) is 3. The van der Waals surface area contributed by atoms with Crippen LogP contribution < -0.4 is 11.1 Å². The Hall–Kier alpha value is -0.770. The highest BCUT2D eigenvalue weighted by molar-refractivity contribution is 5.68. The van der Waals surface area contributed by atoms with E-state index >= 15 is 0 Å². The second-order valence-corrected chi connectivity index (χ2v) is 5.62. The molecule has 0 spiro atoms. The fraction of sp³-hybridized carbons (Fsp3) is 0.917. The zero-order valence-electron chi connectivity index (χ0n) is 10.6. The van der Waals surface area contributed by atoms with E-state index in [4.69, 9.17) is 10.5 Å². The third kappa shape index (κ3) is 5.35. The number of nitrogens with one attached hydrogen (secondary N) is 1. The van der Waals surface area contributed by atoms with E-state index in [0.717, 1.165) is 32.1 Å². The quantitative estimate of drug-likeness (QED) is 0.676. The summed E-state index contributed by atoms with van der Waals surface area (Å²) < 4.78 is 5.23. The summed E-state index contributed by atoms with van der Waals surface area (Å²) in [7, 11) is 0. The Balaban J connectivity index is 2.37. The lowest BCUT2D eigenvalue weighted by Gasteiger charge is -2.23. The van der Waals surface area contributed by atoms with Gasteiger partial charge < -0.3 is 15.8 Å². The molecular weight excluding hydrogens is 204 g/mol. The molecule has 16 heavy (non-hydrogen) atoms. The van der Waals surface area contributed by atoms with E-state index in [1.165, 1.54) is 0 Å². The minimum atomic E-state index is -0.434. The first-order valence-corrected chi connectivity index (χ1v) is 6.12. The summed E-state index contributed by atoms with van der Waals surface area (Å²) in [5, 5.41) is 2.90. The first-order valence-electron chi connectivity index (χ1n) is 6.12. The van der Waals surface area contributed by atoms with E-state index in [1.807, 2.05) is 20.8 Å². The van der Waals surface area contributed by atoms with Gasteiger partial charge in [0.1, 0.15) is 5.60 Å². The van der Waals surface area contributed by atoms with Crippen molar-refractivity contribution in [1.82, 2.24) is 5.32 Å². The summed E-state index contributed by atoms with van der Waals surface area (Å²) in [5.74, 6) is 0. The minimum absolute atomic E-state index is 0.173. The molecule has 0 bridgehead atoms. The predicted molar refractivity (Wildman–Crippen MR) is 64.2 cm³/mol. The molecule has 3 N–H and O–H groups in total. The van der Waals surface area contributed by atoms with Crippen LogP contribution in [-0.4, -0.2) is 23.8 Å². The maximum atomic E-state index is 11.6. The fourth-order valence-electron chi connectivity index (χ4n) is 2.00. The predicted octanol–water partition coefficient (Wildman–Crippen LogP) is 2.17. The van der Waals surface area contributed by atoms with Gasteiger partial charge in [0.15, 0.2) is 0 Å². The Morgan fingerprint density at radius 3 is 2.56 bits per heavy atom. The number of carbonyl (C=O) groups is 1. The third-order valence-corrected chi connectivity index (χ3v) is 2.69. The summed E-state index contributed by atoms with van der Waals surface area (Å²) in [5.41, 5.74) is 5.50. The van der Waals surface area contributed by atoms with E-state index in [-0.39, 0.29) is 18.2 Å². The van der Waals surface area contributed by atoms with Gasteiger partial charge in [-0.25, -0.2) is 4.79 Å². The third-order valence-electron chi connectivity index (χ3n) is 2.69. The number of ether oxygens (including phenoxy) is 1. The van der Waals surface area contributed by atoms with Crippen molar-refractivity contribution < 1.29 is 9.53 Å². The van der Waals surface area contributed by atoms with Gasteiger partial charge in [0.2, 0.25) is 0 Å². The van der Waals surface area contributed by atoms with Crippen molar-refractivity contribution >= 4 is 6.09 Å². The van der Waals surface area contributed by atoms with Gasteiger partial charge in [-0.1, -0.05) is 12.8 Å². The van der Waals surface area contributed by atoms with Crippen molar-refractivity contribution in [2.75, 3.05) is 0 Å². The lowest BCUT2D eigenvalue weighted by Crippen LogP contribution is -2.41. The highest BCUT2D eigenvalue weighted by Crippen LogP contribution is 2.17. The standard InChI is InChI=1S/C12H24N2O2/c1-12(2,3)16-11(15)14-10-7-5-4-6-9(13)8-10/h9-10H,4-8,13H2,1-3H3,(H,14,15)/t9-,10+/m1/s1. The van der Waals surface area contributed by atoms with E-state index in [2.05, 4.69) is 5.32 Å². The first-order chi connectivity index (χ1) is 7.37. The van der Waals surface area contributed by atoms with Gasteiger partial charge >= 0.3 is 6.09 Å². The second-order valence-electron chi connectivity index (χ2n) is 5.62. The minimum Gasteiger partial charge on any atom is -0.444 e. The van der Waals surface area contributed by atoms with Crippen LogP contribution in [0.3, 0.4) is 0 Å². The van der Waals surface area contributed by atoms with Crippen LogP contribution >= 0.6 is 0 Å². The molecule has 0 aromatic heterocycles. The number of alkyl carbamates (subject to hydrolysis) is 1.